The van der Waals surface area contributed by atoms with E-state index in [1.54, 1.807) is 13.8 Å². The molecule has 16 heavy (non-hydrogen) atoms. The van der Waals surface area contributed by atoms with Crippen LogP contribution in [0.15, 0.2) is 12.1 Å². The Morgan fingerprint density at radius 2 is 2.00 bits per heavy atom. The van der Waals surface area contributed by atoms with Crippen molar-refractivity contribution in [3.63, 3.8) is 0 Å². The van der Waals surface area contributed by atoms with Gasteiger partial charge >= 0.3 is 0 Å². The molecule has 0 atom stereocenters. The molecule has 0 saturated carbocycles. The van der Waals surface area contributed by atoms with E-state index in [0.29, 0.717) is 11.4 Å². The molecular weight excluding hydrogens is 232 g/mol. The molecule has 1 aromatic carbocycles. The van der Waals surface area contributed by atoms with Crippen molar-refractivity contribution in [3.05, 3.63) is 39.9 Å². The zero-order valence-electron chi connectivity index (χ0n) is 8.71. The maximum absolute atomic E-state index is 13.8. The summed E-state index contributed by atoms with van der Waals surface area (Å²) < 4.78 is 28.9. The van der Waals surface area contributed by atoms with Crippen LogP contribution in [0.4, 0.5) is 8.78 Å². The van der Waals surface area contributed by atoms with Crippen LogP contribution in [0.25, 0.3) is 5.69 Å². The highest BCUT2D eigenvalue weighted by atomic mass is 32.1. The second-order valence-corrected chi connectivity index (χ2v) is 3.82. The summed E-state index contributed by atoms with van der Waals surface area (Å²) in [5.41, 5.74) is 0.176. The number of aromatic amines is 1. The zero-order valence-corrected chi connectivity index (χ0v) is 9.53. The predicted octanol–water partition coefficient (Wildman–Crippen LogP) is 2.82. The van der Waals surface area contributed by atoms with Crippen molar-refractivity contribution in [1.29, 1.82) is 0 Å². The summed E-state index contributed by atoms with van der Waals surface area (Å²) in [5.74, 6) is -0.877. The Labute approximate surface area is 95.7 Å². The van der Waals surface area contributed by atoms with Gasteiger partial charge in [-0.2, -0.15) is 5.10 Å². The molecule has 0 unspecified atom stereocenters. The average molecular weight is 241 g/mol. The lowest BCUT2D eigenvalue weighted by molar-refractivity contribution is 0.560. The molecular formula is C10H9F2N3S. The SMILES string of the molecule is Cc1ccc(F)c(-n2c(C)n[nH]c2=S)c1F. The van der Waals surface area contributed by atoms with Gasteiger partial charge in [-0.25, -0.2) is 8.78 Å². The lowest BCUT2D eigenvalue weighted by Crippen LogP contribution is -2.05. The van der Waals surface area contributed by atoms with Crippen LogP contribution in [0.3, 0.4) is 0 Å². The molecule has 0 saturated heterocycles. The van der Waals surface area contributed by atoms with E-state index in [-0.39, 0.29) is 10.5 Å². The third kappa shape index (κ3) is 1.55. The molecule has 2 aromatic rings. The van der Waals surface area contributed by atoms with E-state index in [0.717, 1.165) is 0 Å². The summed E-state index contributed by atoms with van der Waals surface area (Å²) in [5, 5.41) is 6.31. The summed E-state index contributed by atoms with van der Waals surface area (Å²) in [6.07, 6.45) is 0. The van der Waals surface area contributed by atoms with Gasteiger partial charge in [-0.15, -0.1) is 0 Å². The van der Waals surface area contributed by atoms with Crippen molar-refractivity contribution in [2.45, 2.75) is 13.8 Å². The number of nitrogens with zero attached hydrogens (tertiary/aromatic N) is 2. The van der Waals surface area contributed by atoms with Gasteiger partial charge in [0, 0.05) is 0 Å². The molecule has 84 valence electrons. The molecule has 6 heteroatoms. The monoisotopic (exact) mass is 241 g/mol. The number of aryl methyl sites for hydroxylation is 2. The van der Waals surface area contributed by atoms with Gasteiger partial charge in [0.2, 0.25) is 0 Å². The van der Waals surface area contributed by atoms with Crippen LogP contribution in [0.1, 0.15) is 11.4 Å². The van der Waals surface area contributed by atoms with Crippen LogP contribution in [0.5, 0.6) is 0 Å². The second-order valence-electron chi connectivity index (χ2n) is 3.44. The Kier molecular flexibility index (Phi) is 2.59. The first-order valence-corrected chi connectivity index (χ1v) is 5.02. The Hall–Kier alpha value is -1.56. The Bertz CT molecular complexity index is 601. The van der Waals surface area contributed by atoms with Crippen LogP contribution >= 0.6 is 12.2 Å². The number of H-pyrrole nitrogens is 1. The molecule has 3 nitrogen and oxygen atoms in total. The number of aromatic nitrogens is 3. The number of rotatable bonds is 1. The predicted molar refractivity (Wildman–Crippen MR) is 58.1 cm³/mol. The largest absolute Gasteiger partial charge is 0.266 e. The van der Waals surface area contributed by atoms with Crippen molar-refractivity contribution in [2.24, 2.45) is 0 Å². The first kappa shape index (κ1) is 10.9. The molecule has 0 aliphatic rings. The van der Waals surface area contributed by atoms with E-state index in [1.165, 1.54) is 16.7 Å². The van der Waals surface area contributed by atoms with Crippen LogP contribution in [0.2, 0.25) is 0 Å². The summed E-state index contributed by atoms with van der Waals surface area (Å²) in [6.45, 7) is 3.19. The van der Waals surface area contributed by atoms with Gasteiger partial charge in [-0.1, -0.05) is 6.07 Å². The Morgan fingerprint density at radius 1 is 1.31 bits per heavy atom. The first-order chi connectivity index (χ1) is 7.52. The number of hydrogen-bond acceptors (Lipinski definition) is 2. The van der Waals surface area contributed by atoms with Crippen LogP contribution < -0.4 is 0 Å². The Morgan fingerprint density at radius 3 is 2.56 bits per heavy atom. The fourth-order valence-electron chi connectivity index (χ4n) is 1.49. The summed E-state index contributed by atoms with van der Waals surface area (Å²) in [7, 11) is 0. The molecule has 0 radical (unpaired) electrons. The molecule has 0 aliphatic heterocycles. The smallest absolute Gasteiger partial charge is 0.200 e. The van der Waals surface area contributed by atoms with Gasteiger partial charge in [-0.3, -0.25) is 9.67 Å². The van der Waals surface area contributed by atoms with E-state index in [4.69, 9.17) is 12.2 Å². The van der Waals surface area contributed by atoms with E-state index in [1.807, 2.05) is 0 Å². The van der Waals surface area contributed by atoms with Crippen molar-refractivity contribution in [2.75, 3.05) is 0 Å². The normalized spacial score (nSPS) is 10.8. The van der Waals surface area contributed by atoms with E-state index in [2.05, 4.69) is 10.2 Å². The third-order valence-electron chi connectivity index (χ3n) is 2.32. The number of hydrogen-bond donors (Lipinski definition) is 1. The molecule has 1 heterocycles. The highest BCUT2D eigenvalue weighted by Crippen LogP contribution is 2.21. The van der Waals surface area contributed by atoms with Gasteiger partial charge in [0.05, 0.1) is 0 Å². The zero-order chi connectivity index (χ0) is 11.9. The molecule has 0 fully saturated rings. The molecule has 0 spiro atoms. The maximum atomic E-state index is 13.8. The van der Waals surface area contributed by atoms with E-state index < -0.39 is 11.6 Å². The minimum absolute atomic E-state index is 0.168. The molecule has 0 bridgehead atoms. The van der Waals surface area contributed by atoms with Gasteiger partial charge in [-0.05, 0) is 37.7 Å². The van der Waals surface area contributed by atoms with E-state index in [9.17, 15) is 8.78 Å². The van der Waals surface area contributed by atoms with Crippen molar-refractivity contribution >= 4 is 12.2 Å². The second kappa shape index (κ2) is 3.79. The van der Waals surface area contributed by atoms with Crippen molar-refractivity contribution in [3.8, 4) is 5.69 Å². The van der Waals surface area contributed by atoms with Crippen molar-refractivity contribution in [1.82, 2.24) is 14.8 Å². The molecule has 1 N–H and O–H groups in total. The average Bonchev–Trinajstić information content (AvgIpc) is 2.56. The van der Waals surface area contributed by atoms with Crippen molar-refractivity contribution < 1.29 is 8.78 Å². The molecule has 1 aromatic heterocycles. The van der Waals surface area contributed by atoms with Crippen LogP contribution in [-0.4, -0.2) is 14.8 Å². The molecule has 0 aliphatic carbocycles. The molecule has 2 rings (SSSR count). The van der Waals surface area contributed by atoms with E-state index >= 15 is 0 Å². The number of nitrogens with one attached hydrogen (secondary N) is 1. The number of halogens is 2. The van der Waals surface area contributed by atoms with Crippen LogP contribution in [0, 0.1) is 30.3 Å². The highest BCUT2D eigenvalue weighted by Gasteiger charge is 2.16. The van der Waals surface area contributed by atoms with Gasteiger partial charge in [0.15, 0.2) is 10.6 Å². The minimum Gasteiger partial charge on any atom is -0.266 e. The number of benzene rings is 1. The van der Waals surface area contributed by atoms with Gasteiger partial charge < -0.3 is 0 Å². The van der Waals surface area contributed by atoms with Gasteiger partial charge in [0.25, 0.3) is 0 Å². The Balaban J connectivity index is 2.84. The maximum Gasteiger partial charge on any atom is 0.200 e. The summed E-state index contributed by atoms with van der Waals surface area (Å²) >= 11 is 4.93. The minimum atomic E-state index is -0.663. The lowest BCUT2D eigenvalue weighted by Gasteiger charge is -2.08. The fourth-order valence-corrected chi connectivity index (χ4v) is 1.75. The van der Waals surface area contributed by atoms with Crippen LogP contribution in [-0.2, 0) is 0 Å². The third-order valence-corrected chi connectivity index (χ3v) is 2.60. The standard InChI is InChI=1S/C10H9F2N3S/c1-5-3-4-7(11)9(8(5)12)15-6(2)13-14-10(15)16/h3-4H,1-2H3,(H,14,16). The quantitative estimate of drug-likeness (QED) is 0.779. The first-order valence-electron chi connectivity index (χ1n) is 4.61. The summed E-state index contributed by atoms with van der Waals surface area (Å²) in [6, 6.07) is 2.59. The topological polar surface area (TPSA) is 33.6 Å². The van der Waals surface area contributed by atoms with Gasteiger partial charge in [0.1, 0.15) is 17.3 Å². The summed E-state index contributed by atoms with van der Waals surface area (Å²) in [4.78, 5) is 0. The lowest BCUT2D eigenvalue weighted by atomic mass is 10.2. The molecule has 0 amide bonds. The highest BCUT2D eigenvalue weighted by molar-refractivity contribution is 7.71. The fraction of sp³-hybridized carbons (Fsp3) is 0.200.